The molecule has 1 aliphatic rings. The standard InChI is InChI=1S/C8H16O3S.C2H6/c1-2-3-9-7-4-8(6-11-12)10-5-7;1-2/h7-8,12H,2-6H2,1H3;1-2H3. The fourth-order valence-electron chi connectivity index (χ4n) is 1.27. The highest BCUT2D eigenvalue weighted by Gasteiger charge is 2.25. The van der Waals surface area contributed by atoms with Crippen molar-refractivity contribution < 1.29 is 13.7 Å². The first kappa shape index (κ1) is 14.2. The summed E-state index contributed by atoms with van der Waals surface area (Å²) in [6, 6.07) is 0. The minimum atomic E-state index is 0.171. The zero-order valence-electron chi connectivity index (χ0n) is 9.36. The molecule has 1 fully saturated rings. The highest BCUT2D eigenvalue weighted by molar-refractivity contribution is 7.75. The summed E-state index contributed by atoms with van der Waals surface area (Å²) in [5.41, 5.74) is 0. The highest BCUT2D eigenvalue weighted by atomic mass is 32.1. The van der Waals surface area contributed by atoms with Gasteiger partial charge < -0.3 is 13.7 Å². The Bertz CT molecular complexity index is 122. The van der Waals surface area contributed by atoms with Gasteiger partial charge in [0.15, 0.2) is 0 Å². The maximum Gasteiger partial charge on any atom is 0.0873 e. The topological polar surface area (TPSA) is 27.7 Å². The fraction of sp³-hybridized carbons (Fsp3) is 1.00. The molecular formula is C10H22O3S. The van der Waals surface area contributed by atoms with Gasteiger partial charge in [-0.25, -0.2) is 0 Å². The van der Waals surface area contributed by atoms with Crippen molar-refractivity contribution in [1.82, 2.24) is 0 Å². The van der Waals surface area contributed by atoms with E-state index in [9.17, 15) is 0 Å². The molecule has 0 aromatic rings. The maximum atomic E-state index is 5.52. The van der Waals surface area contributed by atoms with Crippen LogP contribution in [0.1, 0.15) is 33.6 Å². The molecule has 0 N–H and O–H groups in total. The van der Waals surface area contributed by atoms with Gasteiger partial charge in [-0.3, -0.25) is 0 Å². The first-order chi connectivity index (χ1) is 6.86. The lowest BCUT2D eigenvalue weighted by molar-refractivity contribution is 0.0330. The van der Waals surface area contributed by atoms with E-state index in [0.717, 1.165) is 19.4 Å². The van der Waals surface area contributed by atoms with E-state index in [1.165, 1.54) is 0 Å². The van der Waals surface area contributed by atoms with Crippen LogP contribution in [-0.4, -0.2) is 32.0 Å². The number of thiol groups is 1. The van der Waals surface area contributed by atoms with Crippen molar-refractivity contribution in [2.75, 3.05) is 19.8 Å². The third-order valence-electron chi connectivity index (χ3n) is 1.86. The summed E-state index contributed by atoms with van der Waals surface area (Å²) in [5.74, 6) is 0. The second kappa shape index (κ2) is 9.77. The van der Waals surface area contributed by atoms with Crippen LogP contribution < -0.4 is 0 Å². The van der Waals surface area contributed by atoms with E-state index >= 15 is 0 Å². The van der Waals surface area contributed by atoms with E-state index in [0.29, 0.717) is 13.2 Å². The molecule has 0 aromatic carbocycles. The lowest BCUT2D eigenvalue weighted by Gasteiger charge is -2.08. The summed E-state index contributed by atoms with van der Waals surface area (Å²) in [6.45, 7) is 8.17. The molecule has 4 heteroatoms. The number of ether oxygens (including phenoxy) is 2. The Morgan fingerprint density at radius 2 is 2.14 bits per heavy atom. The molecule has 0 aromatic heterocycles. The average Bonchev–Trinajstić information content (AvgIpc) is 2.66. The summed E-state index contributed by atoms with van der Waals surface area (Å²) in [7, 11) is 0. The molecular weight excluding hydrogens is 200 g/mol. The van der Waals surface area contributed by atoms with Gasteiger partial charge in [0.25, 0.3) is 0 Å². The second-order valence-corrected chi connectivity index (χ2v) is 3.24. The molecule has 1 saturated heterocycles. The smallest absolute Gasteiger partial charge is 0.0873 e. The van der Waals surface area contributed by atoms with Gasteiger partial charge in [0, 0.05) is 13.0 Å². The summed E-state index contributed by atoms with van der Waals surface area (Å²) in [5, 5.41) is 0. The van der Waals surface area contributed by atoms with Crippen LogP contribution in [0.5, 0.6) is 0 Å². The van der Waals surface area contributed by atoms with E-state index in [1.807, 2.05) is 13.8 Å². The first-order valence-electron chi connectivity index (χ1n) is 5.36. The Balaban J connectivity index is 0.000000791. The molecule has 0 spiro atoms. The average molecular weight is 222 g/mol. The minimum absolute atomic E-state index is 0.171. The predicted molar refractivity (Wildman–Crippen MR) is 60.7 cm³/mol. The molecule has 3 nitrogen and oxygen atoms in total. The molecule has 0 bridgehead atoms. The second-order valence-electron chi connectivity index (χ2n) is 2.98. The molecule has 1 aliphatic heterocycles. The highest BCUT2D eigenvalue weighted by Crippen LogP contribution is 2.16. The molecule has 2 atom stereocenters. The quantitative estimate of drug-likeness (QED) is 0.572. The summed E-state index contributed by atoms with van der Waals surface area (Å²) < 4.78 is 15.6. The molecule has 1 rings (SSSR count). The van der Waals surface area contributed by atoms with E-state index in [2.05, 4.69) is 19.8 Å². The van der Waals surface area contributed by atoms with Gasteiger partial charge in [0.1, 0.15) is 0 Å². The number of rotatable bonds is 5. The van der Waals surface area contributed by atoms with Crippen LogP contribution in [0.2, 0.25) is 0 Å². The van der Waals surface area contributed by atoms with E-state index in [-0.39, 0.29) is 12.2 Å². The van der Waals surface area contributed by atoms with Gasteiger partial charge >= 0.3 is 0 Å². The van der Waals surface area contributed by atoms with Crippen molar-refractivity contribution in [1.29, 1.82) is 0 Å². The van der Waals surface area contributed by atoms with Gasteiger partial charge in [-0.1, -0.05) is 20.8 Å². The largest absolute Gasteiger partial charge is 0.376 e. The van der Waals surface area contributed by atoms with Gasteiger partial charge in [-0.05, 0) is 19.3 Å². The van der Waals surface area contributed by atoms with Crippen molar-refractivity contribution in [3.05, 3.63) is 0 Å². The maximum absolute atomic E-state index is 5.52. The normalized spacial score (nSPS) is 25.7. The Hall–Kier alpha value is 0.230. The molecule has 1 heterocycles. The Morgan fingerprint density at radius 3 is 2.71 bits per heavy atom. The number of hydrogen-bond acceptors (Lipinski definition) is 4. The van der Waals surface area contributed by atoms with Crippen molar-refractivity contribution in [3.8, 4) is 0 Å². The van der Waals surface area contributed by atoms with Gasteiger partial charge in [-0.15, -0.1) is 0 Å². The zero-order chi connectivity index (χ0) is 10.8. The first-order valence-corrected chi connectivity index (χ1v) is 5.73. The monoisotopic (exact) mass is 222 g/mol. The minimum Gasteiger partial charge on any atom is -0.376 e. The van der Waals surface area contributed by atoms with Crippen molar-refractivity contribution >= 4 is 12.9 Å². The fourth-order valence-corrected chi connectivity index (χ4v) is 1.44. The molecule has 0 amide bonds. The van der Waals surface area contributed by atoms with Crippen LogP contribution in [0.4, 0.5) is 0 Å². The van der Waals surface area contributed by atoms with Crippen LogP contribution in [-0.2, 0) is 13.7 Å². The molecule has 2 unspecified atom stereocenters. The number of hydrogen-bond donors (Lipinski definition) is 1. The zero-order valence-corrected chi connectivity index (χ0v) is 10.3. The molecule has 14 heavy (non-hydrogen) atoms. The summed E-state index contributed by atoms with van der Waals surface area (Å²) >= 11 is 3.68. The lowest BCUT2D eigenvalue weighted by atomic mass is 10.2. The van der Waals surface area contributed by atoms with E-state index in [1.54, 1.807) is 0 Å². The van der Waals surface area contributed by atoms with Gasteiger partial charge in [0.2, 0.25) is 0 Å². The third-order valence-corrected chi connectivity index (χ3v) is 2.01. The Kier molecular flexibility index (Phi) is 9.93. The molecule has 0 radical (unpaired) electrons. The van der Waals surface area contributed by atoms with Gasteiger partial charge in [0.05, 0.1) is 25.4 Å². The summed E-state index contributed by atoms with van der Waals surface area (Å²) in [4.78, 5) is 0. The van der Waals surface area contributed by atoms with Gasteiger partial charge in [-0.2, -0.15) is 0 Å². The van der Waals surface area contributed by atoms with Crippen LogP contribution in [0.3, 0.4) is 0 Å². The van der Waals surface area contributed by atoms with Crippen LogP contribution >= 0.6 is 12.9 Å². The van der Waals surface area contributed by atoms with Crippen molar-refractivity contribution in [2.24, 2.45) is 0 Å². The van der Waals surface area contributed by atoms with E-state index < -0.39 is 0 Å². The Labute approximate surface area is 92.7 Å². The van der Waals surface area contributed by atoms with Crippen LogP contribution in [0.15, 0.2) is 0 Å². The van der Waals surface area contributed by atoms with Crippen molar-refractivity contribution in [2.45, 2.75) is 45.8 Å². The van der Waals surface area contributed by atoms with Crippen LogP contribution in [0.25, 0.3) is 0 Å². The Morgan fingerprint density at radius 1 is 1.43 bits per heavy atom. The van der Waals surface area contributed by atoms with Crippen LogP contribution in [0, 0.1) is 0 Å². The third kappa shape index (κ3) is 5.86. The molecule has 86 valence electrons. The summed E-state index contributed by atoms with van der Waals surface area (Å²) in [6.07, 6.45) is 2.42. The van der Waals surface area contributed by atoms with E-state index in [4.69, 9.17) is 13.7 Å². The predicted octanol–water partition coefficient (Wildman–Crippen LogP) is 2.46. The SMILES string of the molecule is CC.CCCOC1COC(COS)C1. The molecule has 0 saturated carbocycles. The lowest BCUT2D eigenvalue weighted by Crippen LogP contribution is -2.15. The molecule has 0 aliphatic carbocycles. The van der Waals surface area contributed by atoms with Crippen molar-refractivity contribution in [3.63, 3.8) is 0 Å².